The minimum Gasteiger partial charge on any atom is -0.382 e. The quantitative estimate of drug-likeness (QED) is 0.564. The van der Waals surface area contributed by atoms with Crippen LogP contribution in [-0.2, 0) is 9.47 Å². The lowest BCUT2D eigenvalue weighted by Gasteiger charge is -2.29. The Bertz CT molecular complexity index is 348. The molecule has 0 aromatic carbocycles. The number of hydrogen-bond donors (Lipinski definition) is 1. The van der Waals surface area contributed by atoms with Gasteiger partial charge in [0, 0.05) is 6.42 Å². The summed E-state index contributed by atoms with van der Waals surface area (Å²) in [5, 5.41) is 10.2. The van der Waals surface area contributed by atoms with Crippen LogP contribution < -0.4 is 0 Å². The minimum atomic E-state index is -0.912. The van der Waals surface area contributed by atoms with Crippen LogP contribution in [0, 0.1) is 11.8 Å². The van der Waals surface area contributed by atoms with Gasteiger partial charge in [-0.3, -0.25) is 0 Å². The lowest BCUT2D eigenvalue weighted by atomic mass is 9.91. The predicted molar refractivity (Wildman–Crippen MR) is 60.5 cm³/mol. The van der Waals surface area contributed by atoms with E-state index >= 15 is 0 Å². The maximum absolute atomic E-state index is 10.2. The summed E-state index contributed by atoms with van der Waals surface area (Å²) in [6.07, 6.45) is 8.29. The van der Waals surface area contributed by atoms with Gasteiger partial charge >= 0.3 is 0 Å². The third-order valence-electron chi connectivity index (χ3n) is 2.77. The molecule has 1 fully saturated rings. The Morgan fingerprint density at radius 2 is 1.81 bits per heavy atom. The molecule has 0 amide bonds. The molecule has 86 valence electrons. The first-order valence-electron chi connectivity index (χ1n) is 5.49. The fourth-order valence-electron chi connectivity index (χ4n) is 1.82. The van der Waals surface area contributed by atoms with Gasteiger partial charge in [0.25, 0.3) is 0 Å². The molecular formula is C13H16O3. The lowest BCUT2D eigenvalue weighted by molar-refractivity contribution is -0.0789. The highest BCUT2D eigenvalue weighted by Crippen LogP contribution is 2.31. The molecule has 1 saturated heterocycles. The van der Waals surface area contributed by atoms with Gasteiger partial charge in [-0.2, -0.15) is 0 Å². The van der Waals surface area contributed by atoms with E-state index in [2.05, 4.69) is 11.8 Å². The zero-order valence-electron chi connectivity index (χ0n) is 9.40. The molecule has 0 saturated carbocycles. The second kappa shape index (κ2) is 4.42. The largest absolute Gasteiger partial charge is 0.382 e. The third kappa shape index (κ3) is 2.35. The molecule has 0 aromatic rings. The van der Waals surface area contributed by atoms with E-state index in [1.165, 1.54) is 0 Å². The van der Waals surface area contributed by atoms with Gasteiger partial charge in [0.2, 0.25) is 5.79 Å². The van der Waals surface area contributed by atoms with E-state index in [1.54, 1.807) is 31.2 Å². The van der Waals surface area contributed by atoms with Crippen LogP contribution in [0.1, 0.15) is 19.8 Å². The Morgan fingerprint density at radius 1 is 1.19 bits per heavy atom. The van der Waals surface area contributed by atoms with Gasteiger partial charge in [0.1, 0.15) is 5.60 Å². The van der Waals surface area contributed by atoms with Gasteiger partial charge in [0.15, 0.2) is 0 Å². The second-order valence-electron chi connectivity index (χ2n) is 4.00. The average molecular weight is 220 g/mol. The summed E-state index contributed by atoms with van der Waals surface area (Å²) in [5.41, 5.74) is -0.912. The fourth-order valence-corrected chi connectivity index (χ4v) is 1.82. The molecule has 0 unspecified atom stereocenters. The summed E-state index contributed by atoms with van der Waals surface area (Å²) in [6, 6.07) is 0. The molecule has 0 atom stereocenters. The Hall–Kier alpha value is -1.08. The minimum absolute atomic E-state index is 0.592. The number of rotatable bonds is 2. The van der Waals surface area contributed by atoms with Crippen LogP contribution in [0.25, 0.3) is 0 Å². The van der Waals surface area contributed by atoms with Crippen molar-refractivity contribution in [3.8, 4) is 11.8 Å². The van der Waals surface area contributed by atoms with Gasteiger partial charge in [-0.25, -0.2) is 0 Å². The van der Waals surface area contributed by atoms with Gasteiger partial charge in [-0.05, 0) is 37.6 Å². The van der Waals surface area contributed by atoms with Crippen molar-refractivity contribution in [3.05, 3.63) is 24.3 Å². The molecule has 2 aliphatic rings. The Kier molecular flexibility index (Phi) is 3.15. The summed E-state index contributed by atoms with van der Waals surface area (Å²) in [4.78, 5) is 0. The van der Waals surface area contributed by atoms with E-state index in [1.807, 2.05) is 0 Å². The monoisotopic (exact) mass is 220 g/mol. The fraction of sp³-hybridized carbons (Fsp3) is 0.538. The number of ether oxygens (including phenoxy) is 2. The summed E-state index contributed by atoms with van der Waals surface area (Å²) >= 11 is 0. The summed E-state index contributed by atoms with van der Waals surface area (Å²) in [5.74, 6) is 5.02. The number of aliphatic hydroxyl groups is 1. The Balaban J connectivity index is 2.00. The molecular weight excluding hydrogens is 204 g/mol. The first-order chi connectivity index (χ1) is 7.68. The molecule has 16 heavy (non-hydrogen) atoms. The van der Waals surface area contributed by atoms with Crippen LogP contribution in [0.15, 0.2) is 24.3 Å². The molecule has 3 nitrogen and oxygen atoms in total. The van der Waals surface area contributed by atoms with Crippen molar-refractivity contribution in [1.29, 1.82) is 0 Å². The first-order valence-corrected chi connectivity index (χ1v) is 5.49. The normalized spacial score (nSPS) is 24.4. The van der Waals surface area contributed by atoms with E-state index in [4.69, 9.17) is 9.47 Å². The average Bonchev–Trinajstić information content (AvgIpc) is 2.73. The molecule has 1 heterocycles. The van der Waals surface area contributed by atoms with E-state index < -0.39 is 11.4 Å². The summed E-state index contributed by atoms with van der Waals surface area (Å²) in [7, 11) is 0. The van der Waals surface area contributed by atoms with Crippen LogP contribution in [0.5, 0.6) is 0 Å². The van der Waals surface area contributed by atoms with Gasteiger partial charge in [0.05, 0.1) is 13.2 Å². The van der Waals surface area contributed by atoms with E-state index in [0.717, 1.165) is 0 Å². The van der Waals surface area contributed by atoms with Gasteiger partial charge in [-0.1, -0.05) is 0 Å². The van der Waals surface area contributed by atoms with Crippen molar-refractivity contribution in [2.45, 2.75) is 31.2 Å². The SMILES string of the molecule is CC#CCCC1(O)C=CC2(C=C1)OCCO2. The van der Waals surface area contributed by atoms with Crippen LogP contribution >= 0.6 is 0 Å². The van der Waals surface area contributed by atoms with Crippen molar-refractivity contribution < 1.29 is 14.6 Å². The predicted octanol–water partition coefficient (Wildman–Crippen LogP) is 1.39. The molecule has 1 N–H and O–H groups in total. The molecule has 2 rings (SSSR count). The third-order valence-corrected chi connectivity index (χ3v) is 2.77. The summed E-state index contributed by atoms with van der Waals surface area (Å²) < 4.78 is 10.9. The summed E-state index contributed by atoms with van der Waals surface area (Å²) in [6.45, 7) is 2.98. The smallest absolute Gasteiger partial charge is 0.208 e. The standard InChI is InChI=1S/C13H16O3/c1-2-3-4-5-12(14)6-8-13(9-7-12)15-10-11-16-13/h6-9,14H,4-5,10-11H2,1H3. The maximum atomic E-state index is 10.2. The number of hydrogen-bond acceptors (Lipinski definition) is 3. The first kappa shape index (κ1) is 11.4. The van der Waals surface area contributed by atoms with Gasteiger partial charge < -0.3 is 14.6 Å². The molecule has 0 bridgehead atoms. The van der Waals surface area contributed by atoms with Crippen molar-refractivity contribution in [3.63, 3.8) is 0 Å². The maximum Gasteiger partial charge on any atom is 0.208 e. The molecule has 1 aliphatic heterocycles. The van der Waals surface area contributed by atoms with Crippen LogP contribution in [0.3, 0.4) is 0 Å². The van der Waals surface area contributed by atoms with Gasteiger partial charge in [-0.15, -0.1) is 11.8 Å². The van der Waals surface area contributed by atoms with Crippen molar-refractivity contribution >= 4 is 0 Å². The topological polar surface area (TPSA) is 38.7 Å². The molecule has 0 aromatic heterocycles. The zero-order valence-corrected chi connectivity index (χ0v) is 9.40. The molecule has 3 heteroatoms. The van der Waals surface area contributed by atoms with Crippen molar-refractivity contribution in [2.24, 2.45) is 0 Å². The zero-order chi connectivity index (χ0) is 11.5. The highest BCUT2D eigenvalue weighted by Gasteiger charge is 2.36. The molecule has 1 spiro atoms. The molecule has 0 radical (unpaired) electrons. The van der Waals surface area contributed by atoms with E-state index in [9.17, 15) is 5.11 Å². The Labute approximate surface area is 95.7 Å². The van der Waals surface area contributed by atoms with Crippen LogP contribution in [0.4, 0.5) is 0 Å². The van der Waals surface area contributed by atoms with E-state index in [-0.39, 0.29) is 0 Å². The Morgan fingerprint density at radius 3 is 2.38 bits per heavy atom. The second-order valence-corrected chi connectivity index (χ2v) is 4.00. The molecule has 1 aliphatic carbocycles. The van der Waals surface area contributed by atoms with Crippen LogP contribution in [-0.4, -0.2) is 29.7 Å². The van der Waals surface area contributed by atoms with Crippen molar-refractivity contribution in [1.82, 2.24) is 0 Å². The van der Waals surface area contributed by atoms with Crippen LogP contribution in [0.2, 0.25) is 0 Å². The highest BCUT2D eigenvalue weighted by atomic mass is 16.7. The van der Waals surface area contributed by atoms with Crippen molar-refractivity contribution in [2.75, 3.05) is 13.2 Å². The lowest BCUT2D eigenvalue weighted by Crippen LogP contribution is -2.33. The van der Waals surface area contributed by atoms with E-state index in [0.29, 0.717) is 26.1 Å². The highest BCUT2D eigenvalue weighted by molar-refractivity contribution is 5.27.